The van der Waals surface area contributed by atoms with Crippen LogP contribution in [0.5, 0.6) is 0 Å². The molecule has 2 rings (SSSR count). The van der Waals surface area contributed by atoms with Crippen molar-refractivity contribution in [1.29, 1.82) is 0 Å². The van der Waals surface area contributed by atoms with Crippen molar-refractivity contribution >= 4 is 11.6 Å². The number of nitrogens with two attached hydrogens (primary N) is 1. The summed E-state index contributed by atoms with van der Waals surface area (Å²) in [6, 6.07) is 0. The van der Waals surface area contributed by atoms with Crippen LogP contribution >= 0.6 is 0 Å². The average molecular weight is 276 g/mol. The fourth-order valence-corrected chi connectivity index (χ4v) is 1.98. The molecule has 0 bridgehead atoms. The fraction of sp³-hybridized carbons (Fsp3) is 0.462. The summed E-state index contributed by atoms with van der Waals surface area (Å²) in [6.45, 7) is 4.40. The molecule has 0 fully saturated rings. The lowest BCUT2D eigenvalue weighted by molar-refractivity contribution is 0.0775. The van der Waals surface area contributed by atoms with Gasteiger partial charge in [0.1, 0.15) is 5.82 Å². The standard InChI is InChI=1S/C13H20N6O/c1-8(2)11-10(14)12(17-16-11)13(20)19(4)7-9-15-5-6-18(9)3/h5-6,8H,7,14H2,1-4H3,(H,16,17). The summed E-state index contributed by atoms with van der Waals surface area (Å²) in [5, 5.41) is 6.88. The van der Waals surface area contributed by atoms with Crippen molar-refractivity contribution in [2.45, 2.75) is 26.3 Å². The molecule has 0 saturated heterocycles. The van der Waals surface area contributed by atoms with Crippen molar-refractivity contribution in [3.63, 3.8) is 0 Å². The number of H-pyrrole nitrogens is 1. The molecule has 7 nitrogen and oxygen atoms in total. The third kappa shape index (κ3) is 2.52. The first-order valence-corrected chi connectivity index (χ1v) is 6.47. The molecule has 2 aromatic rings. The van der Waals surface area contributed by atoms with Gasteiger partial charge in [0.05, 0.1) is 17.9 Å². The van der Waals surface area contributed by atoms with E-state index in [9.17, 15) is 4.79 Å². The zero-order valence-electron chi connectivity index (χ0n) is 12.2. The number of nitrogens with one attached hydrogen (secondary N) is 1. The number of amides is 1. The Morgan fingerprint density at radius 3 is 2.75 bits per heavy atom. The Labute approximate surface area is 117 Å². The Hall–Kier alpha value is -2.31. The van der Waals surface area contributed by atoms with E-state index in [-0.39, 0.29) is 17.5 Å². The predicted molar refractivity (Wildman–Crippen MR) is 76.1 cm³/mol. The van der Waals surface area contributed by atoms with Crippen LogP contribution in [-0.2, 0) is 13.6 Å². The van der Waals surface area contributed by atoms with Gasteiger partial charge in [0.2, 0.25) is 0 Å². The second-order valence-electron chi connectivity index (χ2n) is 5.17. The lowest BCUT2D eigenvalue weighted by Crippen LogP contribution is -2.28. The molecule has 0 aliphatic carbocycles. The van der Waals surface area contributed by atoms with E-state index in [4.69, 9.17) is 5.73 Å². The van der Waals surface area contributed by atoms with E-state index in [0.29, 0.717) is 12.2 Å². The van der Waals surface area contributed by atoms with Gasteiger partial charge in [0.15, 0.2) is 5.69 Å². The van der Waals surface area contributed by atoms with E-state index >= 15 is 0 Å². The quantitative estimate of drug-likeness (QED) is 0.875. The van der Waals surface area contributed by atoms with Gasteiger partial charge in [-0.05, 0) is 5.92 Å². The summed E-state index contributed by atoms with van der Waals surface area (Å²) in [6.07, 6.45) is 3.54. The van der Waals surface area contributed by atoms with E-state index in [1.165, 1.54) is 0 Å². The second-order valence-corrected chi connectivity index (χ2v) is 5.17. The highest BCUT2D eigenvalue weighted by molar-refractivity contribution is 5.97. The van der Waals surface area contributed by atoms with Crippen molar-refractivity contribution in [3.8, 4) is 0 Å². The minimum Gasteiger partial charge on any atom is -0.395 e. The van der Waals surface area contributed by atoms with E-state index in [1.807, 2.05) is 31.7 Å². The summed E-state index contributed by atoms with van der Waals surface area (Å²) in [5.41, 5.74) is 7.47. The van der Waals surface area contributed by atoms with Crippen molar-refractivity contribution in [2.24, 2.45) is 7.05 Å². The summed E-state index contributed by atoms with van der Waals surface area (Å²) >= 11 is 0. The fourth-order valence-electron chi connectivity index (χ4n) is 1.98. The van der Waals surface area contributed by atoms with Gasteiger partial charge in [-0.25, -0.2) is 4.98 Å². The van der Waals surface area contributed by atoms with E-state index < -0.39 is 0 Å². The molecule has 108 valence electrons. The first-order valence-electron chi connectivity index (χ1n) is 6.47. The number of rotatable bonds is 4. The average Bonchev–Trinajstić information content (AvgIpc) is 2.95. The van der Waals surface area contributed by atoms with E-state index in [0.717, 1.165) is 11.5 Å². The Morgan fingerprint density at radius 2 is 2.25 bits per heavy atom. The van der Waals surface area contributed by atoms with Crippen LogP contribution in [0.4, 0.5) is 5.69 Å². The number of hydrogen-bond donors (Lipinski definition) is 2. The van der Waals surface area contributed by atoms with Gasteiger partial charge in [-0.3, -0.25) is 9.89 Å². The van der Waals surface area contributed by atoms with Gasteiger partial charge in [0.25, 0.3) is 5.91 Å². The van der Waals surface area contributed by atoms with Gasteiger partial charge in [-0.15, -0.1) is 0 Å². The minimum absolute atomic E-state index is 0.198. The Kier molecular flexibility index (Phi) is 3.78. The van der Waals surface area contributed by atoms with Gasteiger partial charge >= 0.3 is 0 Å². The van der Waals surface area contributed by atoms with Crippen molar-refractivity contribution < 1.29 is 4.79 Å². The number of aromatic nitrogens is 4. The molecule has 0 radical (unpaired) electrons. The highest BCUT2D eigenvalue weighted by Crippen LogP contribution is 2.23. The molecule has 0 aromatic carbocycles. The van der Waals surface area contributed by atoms with E-state index in [1.54, 1.807) is 18.1 Å². The van der Waals surface area contributed by atoms with Crippen LogP contribution in [0.1, 0.15) is 41.8 Å². The number of aromatic amines is 1. The first-order chi connectivity index (χ1) is 9.41. The minimum atomic E-state index is -0.214. The molecule has 2 heterocycles. The van der Waals surface area contributed by atoms with Crippen molar-refractivity contribution in [1.82, 2.24) is 24.6 Å². The molecule has 0 aliphatic rings. The molecular formula is C13H20N6O. The lowest BCUT2D eigenvalue weighted by Gasteiger charge is -2.16. The maximum atomic E-state index is 12.4. The van der Waals surface area contributed by atoms with Crippen LogP contribution < -0.4 is 5.73 Å². The number of imidazole rings is 1. The monoisotopic (exact) mass is 276 g/mol. The number of aryl methyl sites for hydroxylation is 1. The normalized spacial score (nSPS) is 11.1. The maximum absolute atomic E-state index is 12.4. The predicted octanol–water partition coefficient (Wildman–Crippen LogP) is 1.12. The number of nitrogen functional groups attached to an aromatic ring is 1. The molecule has 7 heteroatoms. The van der Waals surface area contributed by atoms with Crippen molar-refractivity contribution in [2.75, 3.05) is 12.8 Å². The zero-order chi connectivity index (χ0) is 14.9. The molecule has 2 aromatic heterocycles. The third-order valence-electron chi connectivity index (χ3n) is 3.26. The van der Waals surface area contributed by atoms with Gasteiger partial charge in [-0.2, -0.15) is 5.10 Å². The van der Waals surface area contributed by atoms with Crippen LogP contribution in [-0.4, -0.2) is 37.6 Å². The largest absolute Gasteiger partial charge is 0.395 e. The van der Waals surface area contributed by atoms with Gasteiger partial charge < -0.3 is 15.2 Å². The molecular weight excluding hydrogens is 256 g/mol. The molecule has 0 aliphatic heterocycles. The van der Waals surface area contributed by atoms with Crippen LogP contribution in [0.15, 0.2) is 12.4 Å². The van der Waals surface area contributed by atoms with Crippen LogP contribution in [0.3, 0.4) is 0 Å². The SMILES string of the molecule is CC(C)c1[nH]nc(C(=O)N(C)Cc2nccn2C)c1N. The highest BCUT2D eigenvalue weighted by Gasteiger charge is 2.22. The zero-order valence-corrected chi connectivity index (χ0v) is 12.2. The molecule has 3 N–H and O–H groups in total. The van der Waals surface area contributed by atoms with Crippen LogP contribution in [0, 0.1) is 0 Å². The second kappa shape index (κ2) is 5.36. The lowest BCUT2D eigenvalue weighted by atomic mass is 10.1. The number of anilines is 1. The number of nitrogens with zero attached hydrogens (tertiary/aromatic N) is 4. The van der Waals surface area contributed by atoms with E-state index in [2.05, 4.69) is 15.2 Å². The molecule has 0 atom stereocenters. The Balaban J connectivity index is 2.17. The molecule has 0 unspecified atom stereocenters. The number of hydrogen-bond acceptors (Lipinski definition) is 4. The van der Waals surface area contributed by atoms with Crippen LogP contribution in [0.25, 0.3) is 0 Å². The van der Waals surface area contributed by atoms with Crippen LogP contribution in [0.2, 0.25) is 0 Å². The summed E-state index contributed by atoms with van der Waals surface area (Å²) in [5.74, 6) is 0.789. The molecule has 20 heavy (non-hydrogen) atoms. The molecule has 1 amide bonds. The number of carbonyl (C=O) groups is 1. The first kappa shape index (κ1) is 14.1. The van der Waals surface area contributed by atoms with Gasteiger partial charge in [0, 0.05) is 26.5 Å². The Morgan fingerprint density at radius 1 is 1.55 bits per heavy atom. The van der Waals surface area contributed by atoms with Gasteiger partial charge in [-0.1, -0.05) is 13.8 Å². The topological polar surface area (TPSA) is 92.8 Å². The summed E-state index contributed by atoms with van der Waals surface area (Å²) < 4.78 is 1.87. The molecule has 0 saturated carbocycles. The number of carbonyl (C=O) groups excluding carboxylic acids is 1. The summed E-state index contributed by atoms with van der Waals surface area (Å²) in [4.78, 5) is 18.1. The molecule has 0 spiro atoms. The highest BCUT2D eigenvalue weighted by atomic mass is 16.2. The summed E-state index contributed by atoms with van der Waals surface area (Å²) in [7, 11) is 3.60. The van der Waals surface area contributed by atoms with Crippen molar-refractivity contribution in [3.05, 3.63) is 29.6 Å². The maximum Gasteiger partial charge on any atom is 0.276 e. The third-order valence-corrected chi connectivity index (χ3v) is 3.26. The smallest absolute Gasteiger partial charge is 0.276 e. The Bertz CT molecular complexity index is 612.